The lowest BCUT2D eigenvalue weighted by molar-refractivity contribution is 0.0509. The fraction of sp³-hybridized carbons (Fsp3) is 0.429. The van der Waals surface area contributed by atoms with E-state index >= 15 is 0 Å². The topological polar surface area (TPSA) is 108 Å². The number of aryl methyl sites for hydroxylation is 2. The number of alkyl carbamates (subject to hydrolysis) is 1. The van der Waals surface area contributed by atoms with Gasteiger partial charge in [-0.15, -0.1) is 0 Å². The van der Waals surface area contributed by atoms with E-state index in [0.29, 0.717) is 13.2 Å². The SMILES string of the molecule is Cc1noc(C)c1-c1ccc2nc(N3CC[C@H](NC(=O)OC(C)(C)C)C3)n3c2c1OC[C@@H]3c1ccccn1. The number of benzene rings is 1. The molecule has 0 aliphatic carbocycles. The van der Waals surface area contributed by atoms with Crippen LogP contribution in [-0.4, -0.2) is 57.1 Å². The molecule has 2 atom stereocenters. The number of imidazole rings is 1. The highest BCUT2D eigenvalue weighted by Gasteiger charge is 2.36. The van der Waals surface area contributed by atoms with Crippen molar-refractivity contribution in [2.75, 3.05) is 24.6 Å². The molecule has 198 valence electrons. The van der Waals surface area contributed by atoms with Gasteiger partial charge in [-0.1, -0.05) is 11.2 Å². The highest BCUT2D eigenvalue weighted by molar-refractivity contribution is 5.94. The zero-order chi connectivity index (χ0) is 26.6. The Morgan fingerprint density at radius 3 is 2.74 bits per heavy atom. The number of rotatable bonds is 4. The lowest BCUT2D eigenvalue weighted by Gasteiger charge is -2.30. The molecule has 3 aromatic heterocycles. The Bertz CT molecular complexity index is 1480. The average molecular weight is 517 g/mol. The Morgan fingerprint density at radius 2 is 2.03 bits per heavy atom. The van der Waals surface area contributed by atoms with Crippen molar-refractivity contribution in [3.8, 4) is 16.9 Å². The lowest BCUT2D eigenvalue weighted by atomic mass is 10.0. The van der Waals surface area contributed by atoms with Crippen molar-refractivity contribution >= 4 is 23.1 Å². The second-order valence-corrected chi connectivity index (χ2v) is 11.0. The van der Waals surface area contributed by atoms with Crippen molar-refractivity contribution in [2.24, 2.45) is 0 Å². The van der Waals surface area contributed by atoms with Crippen LogP contribution in [0.3, 0.4) is 0 Å². The Hall–Kier alpha value is -4.08. The first-order valence-electron chi connectivity index (χ1n) is 13.0. The minimum absolute atomic E-state index is 0.0389. The normalized spacial score (nSPS) is 19.0. The molecule has 1 N–H and O–H groups in total. The summed E-state index contributed by atoms with van der Waals surface area (Å²) in [5, 5.41) is 7.18. The van der Waals surface area contributed by atoms with Crippen LogP contribution in [0.4, 0.5) is 10.7 Å². The molecule has 0 saturated carbocycles. The highest BCUT2D eigenvalue weighted by atomic mass is 16.6. The number of pyridine rings is 1. The van der Waals surface area contributed by atoms with Gasteiger partial charge in [-0.25, -0.2) is 9.78 Å². The minimum Gasteiger partial charge on any atom is -0.488 e. The number of carbonyl (C=O) groups excluding carboxylic acids is 1. The highest BCUT2D eigenvalue weighted by Crippen LogP contribution is 2.46. The molecule has 1 amide bonds. The number of aromatic nitrogens is 4. The van der Waals surface area contributed by atoms with Crippen LogP contribution in [0, 0.1) is 13.8 Å². The summed E-state index contributed by atoms with van der Waals surface area (Å²) >= 11 is 0. The molecule has 1 fully saturated rings. The van der Waals surface area contributed by atoms with Crippen molar-refractivity contribution in [1.29, 1.82) is 0 Å². The molecule has 2 aliphatic rings. The first-order chi connectivity index (χ1) is 18.2. The zero-order valence-corrected chi connectivity index (χ0v) is 22.3. The van der Waals surface area contributed by atoms with Crippen LogP contribution in [0.2, 0.25) is 0 Å². The van der Waals surface area contributed by atoms with E-state index in [1.807, 2.05) is 65.0 Å². The van der Waals surface area contributed by atoms with Crippen molar-refractivity contribution < 1.29 is 18.8 Å². The summed E-state index contributed by atoms with van der Waals surface area (Å²) in [6, 6.07) is 9.78. The third-order valence-corrected chi connectivity index (χ3v) is 7.01. The largest absolute Gasteiger partial charge is 0.488 e. The molecule has 1 aromatic carbocycles. The van der Waals surface area contributed by atoms with Crippen molar-refractivity contribution in [2.45, 2.75) is 58.7 Å². The molecule has 2 aliphatic heterocycles. The second kappa shape index (κ2) is 9.04. The van der Waals surface area contributed by atoms with Crippen LogP contribution >= 0.6 is 0 Å². The smallest absolute Gasteiger partial charge is 0.407 e. The Labute approximate surface area is 220 Å². The summed E-state index contributed by atoms with van der Waals surface area (Å²) in [6.45, 7) is 11.2. The molecule has 0 spiro atoms. The number of nitrogens with zero attached hydrogens (tertiary/aromatic N) is 5. The van der Waals surface area contributed by atoms with Gasteiger partial charge in [0.2, 0.25) is 5.95 Å². The summed E-state index contributed by atoms with van der Waals surface area (Å²) in [5.41, 5.74) is 4.82. The van der Waals surface area contributed by atoms with Crippen molar-refractivity contribution in [3.63, 3.8) is 0 Å². The third kappa shape index (κ3) is 4.23. The summed E-state index contributed by atoms with van der Waals surface area (Å²) in [5.74, 6) is 2.35. The molecule has 0 radical (unpaired) electrons. The van der Waals surface area contributed by atoms with Crippen LogP contribution in [0.25, 0.3) is 22.2 Å². The van der Waals surface area contributed by atoms with Crippen molar-refractivity contribution in [3.05, 3.63) is 53.7 Å². The monoisotopic (exact) mass is 516 g/mol. The summed E-state index contributed by atoms with van der Waals surface area (Å²) < 4.78 is 19.6. The van der Waals surface area contributed by atoms with Crippen LogP contribution in [0.5, 0.6) is 5.75 Å². The number of hydrogen-bond acceptors (Lipinski definition) is 8. The molecule has 38 heavy (non-hydrogen) atoms. The van der Waals surface area contributed by atoms with Gasteiger partial charge < -0.3 is 24.2 Å². The molecule has 4 aromatic rings. The number of ether oxygens (including phenoxy) is 2. The van der Waals surface area contributed by atoms with E-state index in [9.17, 15) is 4.79 Å². The quantitative estimate of drug-likeness (QED) is 0.413. The average Bonchev–Trinajstić information content (AvgIpc) is 3.57. The lowest BCUT2D eigenvalue weighted by Crippen LogP contribution is -2.41. The van der Waals surface area contributed by atoms with Crippen molar-refractivity contribution in [1.82, 2.24) is 25.0 Å². The summed E-state index contributed by atoms with van der Waals surface area (Å²) in [4.78, 5) is 24.4. The molecule has 0 bridgehead atoms. The Morgan fingerprint density at radius 1 is 1.18 bits per heavy atom. The fourth-order valence-corrected chi connectivity index (χ4v) is 5.44. The number of carbonyl (C=O) groups is 1. The van der Waals surface area contributed by atoms with Gasteiger partial charge in [-0.2, -0.15) is 0 Å². The van der Waals surface area contributed by atoms with Crippen LogP contribution in [0.15, 0.2) is 41.1 Å². The maximum Gasteiger partial charge on any atom is 0.407 e. The fourth-order valence-electron chi connectivity index (χ4n) is 5.44. The summed E-state index contributed by atoms with van der Waals surface area (Å²) in [6.07, 6.45) is 2.20. The minimum atomic E-state index is -0.543. The standard InChI is InChI=1S/C28H32N6O4/c1-16-23(17(2)38-32-16)19-9-10-21-24-25(19)36-15-22(20-8-6-7-12-29-20)34(24)26(31-21)33-13-11-18(14-33)30-27(35)37-28(3,4)5/h6-10,12,18,22H,11,13-15H2,1-5H3,(H,30,35)/t18-,22+/m0/s1. The predicted octanol–water partition coefficient (Wildman–Crippen LogP) is 4.79. The Kier molecular flexibility index (Phi) is 5.77. The van der Waals surface area contributed by atoms with Gasteiger partial charge in [0.15, 0.2) is 5.75 Å². The van der Waals surface area contributed by atoms with Crippen LogP contribution < -0.4 is 15.0 Å². The van der Waals surface area contributed by atoms with Gasteiger partial charge in [0.25, 0.3) is 0 Å². The van der Waals surface area contributed by atoms with E-state index in [-0.39, 0.29) is 12.1 Å². The zero-order valence-electron chi connectivity index (χ0n) is 22.3. The number of nitrogens with one attached hydrogen (secondary N) is 1. The van der Waals surface area contributed by atoms with Crippen LogP contribution in [0.1, 0.15) is 50.4 Å². The van der Waals surface area contributed by atoms with E-state index in [1.165, 1.54) is 0 Å². The number of amides is 1. The molecule has 5 heterocycles. The van der Waals surface area contributed by atoms with E-state index in [4.69, 9.17) is 19.0 Å². The molecular weight excluding hydrogens is 484 g/mol. The first kappa shape index (κ1) is 24.3. The molecule has 0 unspecified atom stereocenters. The number of hydrogen-bond donors (Lipinski definition) is 1. The van der Waals surface area contributed by atoms with Gasteiger partial charge in [0.1, 0.15) is 29.5 Å². The van der Waals surface area contributed by atoms with E-state index in [1.54, 1.807) is 6.20 Å². The van der Waals surface area contributed by atoms with Gasteiger partial charge in [0, 0.05) is 24.8 Å². The first-order valence-corrected chi connectivity index (χ1v) is 13.0. The molecule has 1 saturated heterocycles. The van der Waals surface area contributed by atoms with E-state index in [0.717, 1.165) is 64.0 Å². The molecule has 6 rings (SSSR count). The van der Waals surface area contributed by atoms with Crippen LogP contribution in [-0.2, 0) is 4.74 Å². The molecule has 10 heteroatoms. The summed E-state index contributed by atoms with van der Waals surface area (Å²) in [7, 11) is 0. The maximum absolute atomic E-state index is 12.4. The van der Waals surface area contributed by atoms with Gasteiger partial charge >= 0.3 is 6.09 Å². The molecular formula is C28H32N6O4. The van der Waals surface area contributed by atoms with Gasteiger partial charge in [-0.05, 0) is 65.3 Å². The van der Waals surface area contributed by atoms with E-state index in [2.05, 4.69) is 24.9 Å². The predicted molar refractivity (Wildman–Crippen MR) is 143 cm³/mol. The maximum atomic E-state index is 12.4. The molecule has 10 nitrogen and oxygen atoms in total. The third-order valence-electron chi connectivity index (χ3n) is 7.01. The van der Waals surface area contributed by atoms with Gasteiger partial charge in [-0.3, -0.25) is 9.55 Å². The van der Waals surface area contributed by atoms with Gasteiger partial charge in [0.05, 0.1) is 28.5 Å². The Balaban J connectivity index is 1.42. The second-order valence-electron chi connectivity index (χ2n) is 11.0. The number of anilines is 1. The van der Waals surface area contributed by atoms with E-state index < -0.39 is 11.7 Å².